The summed E-state index contributed by atoms with van der Waals surface area (Å²) in [5, 5.41) is 3.45. The number of rotatable bonds is 10. The molecule has 0 saturated heterocycles. The Hall–Kier alpha value is -2.29. The number of sulfonamides is 1. The molecule has 186 valence electrons. The Morgan fingerprint density at radius 2 is 1.62 bits per heavy atom. The first kappa shape index (κ1) is 28.0. The molecule has 1 atom stereocenters. The van der Waals surface area contributed by atoms with Crippen molar-refractivity contribution in [3.8, 4) is 0 Å². The summed E-state index contributed by atoms with van der Waals surface area (Å²) in [6.45, 7) is 7.33. The number of benzene rings is 2. The second-order valence-electron chi connectivity index (χ2n) is 8.20. The molecule has 0 radical (unpaired) electrons. The molecule has 0 bridgehead atoms. The van der Waals surface area contributed by atoms with E-state index < -0.39 is 28.5 Å². The van der Waals surface area contributed by atoms with Crippen molar-refractivity contribution in [2.75, 3.05) is 23.7 Å². The summed E-state index contributed by atoms with van der Waals surface area (Å²) in [6.07, 6.45) is 1.41. The molecule has 2 rings (SSSR count). The number of likely N-dealkylation sites (N-methyl/N-ethyl adjacent to an activating group) is 1. The number of amides is 2. The number of anilines is 1. The summed E-state index contributed by atoms with van der Waals surface area (Å²) < 4.78 is 26.4. The fourth-order valence-corrected chi connectivity index (χ4v) is 4.91. The van der Waals surface area contributed by atoms with Gasteiger partial charge in [0.25, 0.3) is 0 Å². The molecule has 0 spiro atoms. The first-order chi connectivity index (χ1) is 15.9. The van der Waals surface area contributed by atoms with Crippen molar-refractivity contribution in [3.63, 3.8) is 0 Å². The van der Waals surface area contributed by atoms with Crippen LogP contribution in [-0.4, -0.2) is 50.5 Å². The highest BCUT2D eigenvalue weighted by Crippen LogP contribution is 2.25. The van der Waals surface area contributed by atoms with E-state index in [0.717, 1.165) is 21.7 Å². The van der Waals surface area contributed by atoms with Crippen LogP contribution in [0, 0.1) is 13.8 Å². The van der Waals surface area contributed by atoms with Gasteiger partial charge >= 0.3 is 0 Å². The normalized spacial score (nSPS) is 12.2. The molecular formula is C24H31Cl2N3O4S. The maximum Gasteiger partial charge on any atom is 0.244 e. The highest BCUT2D eigenvalue weighted by Gasteiger charge is 2.31. The van der Waals surface area contributed by atoms with Crippen molar-refractivity contribution in [1.29, 1.82) is 0 Å². The minimum atomic E-state index is -3.78. The van der Waals surface area contributed by atoms with Gasteiger partial charge in [-0.3, -0.25) is 13.9 Å². The lowest BCUT2D eigenvalue weighted by molar-refractivity contribution is -0.140. The third-order valence-electron chi connectivity index (χ3n) is 5.25. The van der Waals surface area contributed by atoms with E-state index in [9.17, 15) is 18.0 Å². The van der Waals surface area contributed by atoms with Gasteiger partial charge < -0.3 is 10.2 Å². The van der Waals surface area contributed by atoms with Crippen LogP contribution in [0.3, 0.4) is 0 Å². The second-order valence-corrected chi connectivity index (χ2v) is 10.9. The van der Waals surface area contributed by atoms with Crippen LogP contribution in [0.1, 0.15) is 37.0 Å². The zero-order valence-corrected chi connectivity index (χ0v) is 22.4. The summed E-state index contributed by atoms with van der Waals surface area (Å²) in [5.74, 6) is -0.815. The maximum atomic E-state index is 13.6. The summed E-state index contributed by atoms with van der Waals surface area (Å²) in [4.78, 5) is 27.8. The molecule has 1 N–H and O–H groups in total. The Kier molecular flexibility index (Phi) is 9.79. The van der Waals surface area contributed by atoms with E-state index in [1.165, 1.54) is 4.90 Å². The van der Waals surface area contributed by atoms with Gasteiger partial charge in [-0.05, 0) is 68.1 Å². The van der Waals surface area contributed by atoms with Gasteiger partial charge in [-0.25, -0.2) is 8.42 Å². The van der Waals surface area contributed by atoms with Gasteiger partial charge in [0.05, 0.1) is 22.0 Å². The molecule has 0 saturated carbocycles. The highest BCUT2D eigenvalue weighted by atomic mass is 35.5. The summed E-state index contributed by atoms with van der Waals surface area (Å²) in [6, 6.07) is 9.53. The quantitative estimate of drug-likeness (QED) is 0.498. The molecule has 0 heterocycles. The van der Waals surface area contributed by atoms with Gasteiger partial charge in [0.1, 0.15) is 12.6 Å². The molecule has 0 fully saturated rings. The molecule has 10 heteroatoms. The summed E-state index contributed by atoms with van der Waals surface area (Å²) >= 11 is 12.2. The second kappa shape index (κ2) is 11.9. The lowest BCUT2D eigenvalue weighted by Crippen LogP contribution is -2.52. The fraction of sp³-hybridized carbons (Fsp3) is 0.417. The van der Waals surface area contributed by atoms with Crippen LogP contribution >= 0.6 is 23.2 Å². The van der Waals surface area contributed by atoms with E-state index in [-0.39, 0.29) is 12.5 Å². The number of hydrogen-bond donors (Lipinski definition) is 1. The number of halogens is 2. The van der Waals surface area contributed by atoms with Gasteiger partial charge in [0.15, 0.2) is 0 Å². The molecule has 0 aliphatic carbocycles. The van der Waals surface area contributed by atoms with Gasteiger partial charge in [-0.2, -0.15) is 0 Å². The van der Waals surface area contributed by atoms with Crippen molar-refractivity contribution in [2.24, 2.45) is 0 Å². The Balaban J connectivity index is 2.48. The summed E-state index contributed by atoms with van der Waals surface area (Å²) in [7, 11) is -3.78. The minimum absolute atomic E-state index is 0.0653. The zero-order valence-electron chi connectivity index (χ0n) is 20.1. The Bertz CT molecular complexity index is 1130. The lowest BCUT2D eigenvalue weighted by atomic mass is 10.1. The topological polar surface area (TPSA) is 86.8 Å². The molecule has 34 heavy (non-hydrogen) atoms. The molecule has 0 unspecified atom stereocenters. The molecule has 2 aromatic carbocycles. The fourth-order valence-electron chi connectivity index (χ4n) is 3.75. The summed E-state index contributed by atoms with van der Waals surface area (Å²) in [5.41, 5.74) is 2.81. The van der Waals surface area contributed by atoms with Crippen molar-refractivity contribution in [3.05, 3.63) is 63.1 Å². The van der Waals surface area contributed by atoms with E-state index in [2.05, 4.69) is 5.32 Å². The monoisotopic (exact) mass is 527 g/mol. The van der Waals surface area contributed by atoms with Crippen molar-refractivity contribution < 1.29 is 18.0 Å². The van der Waals surface area contributed by atoms with Crippen LogP contribution in [0.5, 0.6) is 0 Å². The smallest absolute Gasteiger partial charge is 0.244 e. The van der Waals surface area contributed by atoms with E-state index >= 15 is 0 Å². The molecule has 0 aromatic heterocycles. The standard InChI is InChI=1S/C24H31Cl2N3O4S/c1-6-22(24(31)27-7-2)28(14-18-8-9-20(25)21(26)13-18)23(30)15-29(34(5,32)33)19-11-16(3)10-17(4)12-19/h8-13,22H,6-7,14-15H2,1-5H3,(H,27,31)/t22-/m0/s1. The van der Waals surface area contributed by atoms with Crippen LogP contribution in [-0.2, 0) is 26.2 Å². The molecule has 2 aromatic rings. The van der Waals surface area contributed by atoms with E-state index in [1.807, 2.05) is 19.9 Å². The lowest BCUT2D eigenvalue weighted by Gasteiger charge is -2.33. The molecule has 0 aliphatic rings. The number of hydrogen-bond acceptors (Lipinski definition) is 4. The van der Waals surface area contributed by atoms with E-state index in [1.54, 1.807) is 44.2 Å². The molecular weight excluding hydrogens is 497 g/mol. The first-order valence-corrected chi connectivity index (χ1v) is 13.5. The number of carbonyl (C=O) groups is 2. The Morgan fingerprint density at radius 1 is 1.00 bits per heavy atom. The average molecular weight is 529 g/mol. The van der Waals surface area contributed by atoms with Crippen LogP contribution in [0.4, 0.5) is 5.69 Å². The van der Waals surface area contributed by atoms with Gasteiger partial charge in [-0.15, -0.1) is 0 Å². The highest BCUT2D eigenvalue weighted by molar-refractivity contribution is 7.92. The number of nitrogens with zero attached hydrogens (tertiary/aromatic N) is 2. The largest absolute Gasteiger partial charge is 0.355 e. The van der Waals surface area contributed by atoms with Crippen molar-refractivity contribution >= 4 is 50.7 Å². The number of nitrogens with one attached hydrogen (secondary N) is 1. The molecule has 2 amide bonds. The van der Waals surface area contributed by atoms with Crippen LogP contribution in [0.2, 0.25) is 10.0 Å². The SMILES string of the molecule is CCNC(=O)[C@H](CC)N(Cc1ccc(Cl)c(Cl)c1)C(=O)CN(c1cc(C)cc(C)c1)S(C)(=O)=O. The Morgan fingerprint density at radius 3 is 2.12 bits per heavy atom. The van der Waals surface area contributed by atoms with Gasteiger partial charge in [-0.1, -0.05) is 42.3 Å². The first-order valence-electron chi connectivity index (χ1n) is 10.9. The number of aryl methyl sites for hydroxylation is 2. The van der Waals surface area contributed by atoms with Gasteiger partial charge in [0, 0.05) is 13.1 Å². The van der Waals surface area contributed by atoms with Crippen LogP contribution in [0.25, 0.3) is 0 Å². The van der Waals surface area contributed by atoms with Crippen LogP contribution in [0.15, 0.2) is 36.4 Å². The maximum absolute atomic E-state index is 13.6. The molecule has 0 aliphatic heterocycles. The zero-order chi connectivity index (χ0) is 25.6. The van der Waals surface area contributed by atoms with Crippen LogP contribution < -0.4 is 9.62 Å². The number of carbonyl (C=O) groups excluding carboxylic acids is 2. The molecule has 7 nitrogen and oxygen atoms in total. The third-order valence-corrected chi connectivity index (χ3v) is 7.13. The minimum Gasteiger partial charge on any atom is -0.355 e. The third kappa shape index (κ3) is 7.35. The van der Waals surface area contributed by atoms with E-state index in [0.29, 0.717) is 34.3 Å². The van der Waals surface area contributed by atoms with Gasteiger partial charge in [0.2, 0.25) is 21.8 Å². The Labute approximate surface area is 212 Å². The van der Waals surface area contributed by atoms with Crippen molar-refractivity contribution in [2.45, 2.75) is 46.7 Å². The van der Waals surface area contributed by atoms with Crippen molar-refractivity contribution in [1.82, 2.24) is 10.2 Å². The van der Waals surface area contributed by atoms with E-state index in [4.69, 9.17) is 23.2 Å². The average Bonchev–Trinajstić information content (AvgIpc) is 2.72. The predicted molar refractivity (Wildman–Crippen MR) is 138 cm³/mol. The predicted octanol–water partition coefficient (Wildman–Crippen LogP) is 4.32.